The van der Waals surface area contributed by atoms with Crippen LogP contribution in [0.5, 0.6) is 0 Å². The Balaban J connectivity index is 1.93. The van der Waals surface area contributed by atoms with E-state index in [1.807, 2.05) is 6.92 Å². The molecule has 7 nitrogen and oxygen atoms in total. The zero-order valence-corrected chi connectivity index (χ0v) is 9.55. The van der Waals surface area contributed by atoms with Crippen molar-refractivity contribution in [1.82, 2.24) is 9.97 Å². The molecule has 0 aromatic carbocycles. The molecule has 1 N–H and O–H groups in total. The van der Waals surface area contributed by atoms with Crippen molar-refractivity contribution in [2.24, 2.45) is 0 Å². The summed E-state index contributed by atoms with van der Waals surface area (Å²) < 4.78 is 5.60. The average molecular weight is 238 g/mol. The van der Waals surface area contributed by atoms with Gasteiger partial charge in [0.1, 0.15) is 12.4 Å². The Morgan fingerprint density at radius 2 is 2.29 bits per heavy atom. The van der Waals surface area contributed by atoms with Crippen LogP contribution in [-0.2, 0) is 4.74 Å². The lowest BCUT2D eigenvalue weighted by atomic mass is 10.0. The van der Waals surface area contributed by atoms with Crippen LogP contribution in [0, 0.1) is 10.1 Å². The minimum atomic E-state index is -0.523. The molecule has 7 heteroatoms. The number of nitrogens with one attached hydrogen (secondary N) is 1. The van der Waals surface area contributed by atoms with E-state index in [-0.39, 0.29) is 11.3 Å². The molecular formula is C10H14N4O3. The average Bonchev–Trinajstić information content (AvgIpc) is 2.75. The van der Waals surface area contributed by atoms with Gasteiger partial charge in [-0.1, -0.05) is 0 Å². The molecule has 1 aromatic rings. The molecule has 0 spiro atoms. The van der Waals surface area contributed by atoms with Gasteiger partial charge in [0.05, 0.1) is 10.5 Å². The summed E-state index contributed by atoms with van der Waals surface area (Å²) in [6, 6.07) is 0. The van der Waals surface area contributed by atoms with E-state index in [1.54, 1.807) is 0 Å². The first-order chi connectivity index (χ1) is 8.09. The molecule has 17 heavy (non-hydrogen) atoms. The van der Waals surface area contributed by atoms with Gasteiger partial charge in [0, 0.05) is 13.2 Å². The topological polar surface area (TPSA) is 90.2 Å². The highest BCUT2D eigenvalue weighted by molar-refractivity contribution is 5.31. The lowest BCUT2D eigenvalue weighted by molar-refractivity contribution is -0.385. The summed E-state index contributed by atoms with van der Waals surface area (Å²) in [5.74, 6) is 0.382. The SMILES string of the molecule is CC1(CNc2ncc([N+](=O)[O-])cn2)CCCO1. The third-order valence-electron chi connectivity index (χ3n) is 2.77. The fraction of sp³-hybridized carbons (Fsp3) is 0.600. The van der Waals surface area contributed by atoms with Crippen LogP contribution >= 0.6 is 0 Å². The molecule has 1 aliphatic heterocycles. The number of nitrogens with zero attached hydrogens (tertiary/aromatic N) is 3. The van der Waals surface area contributed by atoms with Crippen LogP contribution in [-0.4, -0.2) is 33.6 Å². The maximum absolute atomic E-state index is 10.4. The minimum Gasteiger partial charge on any atom is -0.373 e. The van der Waals surface area contributed by atoms with Gasteiger partial charge in [0.15, 0.2) is 0 Å². The Bertz CT molecular complexity index is 401. The number of nitro groups is 1. The Morgan fingerprint density at radius 3 is 2.82 bits per heavy atom. The fourth-order valence-corrected chi connectivity index (χ4v) is 1.75. The van der Waals surface area contributed by atoms with Gasteiger partial charge in [-0.15, -0.1) is 0 Å². The zero-order valence-electron chi connectivity index (χ0n) is 9.55. The van der Waals surface area contributed by atoms with Crippen molar-refractivity contribution in [3.8, 4) is 0 Å². The monoisotopic (exact) mass is 238 g/mol. The molecule has 0 amide bonds. The number of ether oxygens (including phenoxy) is 1. The molecule has 1 aromatic heterocycles. The molecule has 2 heterocycles. The molecule has 1 unspecified atom stereocenters. The number of hydrogen-bond acceptors (Lipinski definition) is 6. The summed E-state index contributed by atoms with van der Waals surface area (Å²) in [5, 5.41) is 13.4. The van der Waals surface area contributed by atoms with Crippen LogP contribution in [0.15, 0.2) is 12.4 Å². The van der Waals surface area contributed by atoms with Crippen LogP contribution in [0.1, 0.15) is 19.8 Å². The Labute approximate surface area is 98.4 Å². The second-order valence-corrected chi connectivity index (χ2v) is 4.28. The highest BCUT2D eigenvalue weighted by atomic mass is 16.6. The van der Waals surface area contributed by atoms with Crippen LogP contribution in [0.4, 0.5) is 11.6 Å². The fourth-order valence-electron chi connectivity index (χ4n) is 1.75. The summed E-state index contributed by atoms with van der Waals surface area (Å²) >= 11 is 0. The van der Waals surface area contributed by atoms with Crippen LogP contribution in [0.25, 0.3) is 0 Å². The number of anilines is 1. The molecule has 0 radical (unpaired) electrons. The summed E-state index contributed by atoms with van der Waals surface area (Å²) in [4.78, 5) is 17.6. The van der Waals surface area contributed by atoms with Gasteiger partial charge in [-0.25, -0.2) is 9.97 Å². The molecule has 0 aliphatic carbocycles. The lowest BCUT2D eigenvalue weighted by Gasteiger charge is -2.23. The zero-order chi connectivity index (χ0) is 12.3. The lowest BCUT2D eigenvalue weighted by Crippen LogP contribution is -2.33. The van der Waals surface area contributed by atoms with E-state index in [4.69, 9.17) is 4.74 Å². The predicted molar refractivity (Wildman–Crippen MR) is 60.8 cm³/mol. The van der Waals surface area contributed by atoms with Gasteiger partial charge < -0.3 is 10.1 Å². The van der Waals surface area contributed by atoms with E-state index < -0.39 is 4.92 Å². The van der Waals surface area contributed by atoms with Crippen molar-refractivity contribution in [1.29, 1.82) is 0 Å². The summed E-state index contributed by atoms with van der Waals surface area (Å²) in [6.07, 6.45) is 4.42. The molecule has 2 rings (SSSR count). The third-order valence-corrected chi connectivity index (χ3v) is 2.77. The molecule has 0 bridgehead atoms. The first-order valence-corrected chi connectivity index (χ1v) is 5.43. The van der Waals surface area contributed by atoms with E-state index in [0.717, 1.165) is 19.4 Å². The van der Waals surface area contributed by atoms with Crippen molar-refractivity contribution >= 4 is 11.6 Å². The molecule has 1 fully saturated rings. The van der Waals surface area contributed by atoms with Gasteiger partial charge in [-0.05, 0) is 19.8 Å². The Kier molecular flexibility index (Phi) is 3.19. The second-order valence-electron chi connectivity index (χ2n) is 4.28. The molecular weight excluding hydrogens is 224 g/mol. The first-order valence-electron chi connectivity index (χ1n) is 5.43. The quantitative estimate of drug-likeness (QED) is 0.629. The molecule has 0 saturated carbocycles. The second kappa shape index (κ2) is 4.62. The van der Waals surface area contributed by atoms with Crippen molar-refractivity contribution in [3.63, 3.8) is 0 Å². The van der Waals surface area contributed by atoms with Crippen molar-refractivity contribution in [2.45, 2.75) is 25.4 Å². The van der Waals surface area contributed by atoms with E-state index in [9.17, 15) is 10.1 Å². The maximum atomic E-state index is 10.4. The van der Waals surface area contributed by atoms with Crippen LogP contribution in [0.3, 0.4) is 0 Å². The van der Waals surface area contributed by atoms with Crippen molar-refractivity contribution in [2.75, 3.05) is 18.5 Å². The highest BCUT2D eigenvalue weighted by Gasteiger charge is 2.29. The number of hydrogen-bond donors (Lipinski definition) is 1. The van der Waals surface area contributed by atoms with E-state index in [2.05, 4.69) is 15.3 Å². The summed E-state index contributed by atoms with van der Waals surface area (Å²) in [6.45, 7) is 3.41. The maximum Gasteiger partial charge on any atom is 0.305 e. The summed E-state index contributed by atoms with van der Waals surface area (Å²) in [7, 11) is 0. The van der Waals surface area contributed by atoms with Gasteiger partial charge >= 0.3 is 5.69 Å². The third kappa shape index (κ3) is 2.88. The normalized spacial score (nSPS) is 23.6. The van der Waals surface area contributed by atoms with Gasteiger partial charge in [0.25, 0.3) is 0 Å². The van der Waals surface area contributed by atoms with Crippen molar-refractivity contribution < 1.29 is 9.66 Å². The predicted octanol–water partition coefficient (Wildman–Crippen LogP) is 1.37. The smallest absolute Gasteiger partial charge is 0.305 e. The summed E-state index contributed by atoms with van der Waals surface area (Å²) in [5.41, 5.74) is -0.302. The first kappa shape index (κ1) is 11.7. The van der Waals surface area contributed by atoms with Crippen LogP contribution in [0.2, 0.25) is 0 Å². The molecule has 92 valence electrons. The molecule has 1 atom stereocenters. The number of rotatable bonds is 4. The standard InChI is InChI=1S/C10H14N4O3/c1-10(3-2-4-17-10)7-13-9-11-5-8(6-12-9)14(15)16/h5-6H,2-4,7H2,1H3,(H,11,12,13). The Hall–Kier alpha value is -1.76. The molecule has 1 aliphatic rings. The highest BCUT2D eigenvalue weighted by Crippen LogP contribution is 2.24. The van der Waals surface area contributed by atoms with Crippen molar-refractivity contribution in [3.05, 3.63) is 22.5 Å². The van der Waals surface area contributed by atoms with Crippen LogP contribution < -0.4 is 5.32 Å². The van der Waals surface area contributed by atoms with Gasteiger partial charge in [-0.2, -0.15) is 0 Å². The van der Waals surface area contributed by atoms with E-state index in [0.29, 0.717) is 12.5 Å². The van der Waals surface area contributed by atoms with E-state index in [1.165, 1.54) is 12.4 Å². The minimum absolute atomic E-state index is 0.112. The van der Waals surface area contributed by atoms with Gasteiger partial charge in [-0.3, -0.25) is 10.1 Å². The molecule has 1 saturated heterocycles. The van der Waals surface area contributed by atoms with Gasteiger partial charge in [0.2, 0.25) is 5.95 Å². The Morgan fingerprint density at radius 1 is 1.59 bits per heavy atom. The van der Waals surface area contributed by atoms with E-state index >= 15 is 0 Å². The largest absolute Gasteiger partial charge is 0.373 e. The number of aromatic nitrogens is 2.